The summed E-state index contributed by atoms with van der Waals surface area (Å²) in [4.78, 5) is 15.3. The van der Waals surface area contributed by atoms with E-state index in [-0.39, 0.29) is 47.2 Å². The molecule has 37 atom stereocenters. The van der Waals surface area contributed by atoms with Crippen LogP contribution in [0.3, 0.4) is 0 Å². The Labute approximate surface area is 545 Å². The molecule has 4 saturated carbocycles. The van der Waals surface area contributed by atoms with E-state index in [0.29, 0.717) is 57.8 Å². The quantitative estimate of drug-likeness (QED) is 0.0421. The van der Waals surface area contributed by atoms with Crippen LogP contribution in [0.5, 0.6) is 0 Å². The van der Waals surface area contributed by atoms with E-state index < -0.39 is 220 Å². The highest BCUT2D eigenvalue weighted by molar-refractivity contribution is 5.79. The molecular formula is C64H104O30. The Balaban J connectivity index is 0.771. The first-order chi connectivity index (χ1) is 44.1. The van der Waals surface area contributed by atoms with Gasteiger partial charge in [-0.05, 0) is 117 Å². The second kappa shape index (κ2) is 27.5. The summed E-state index contributed by atoms with van der Waals surface area (Å²) < 4.78 is 71.3. The molecular weight excluding hydrogens is 1250 g/mol. The number of ether oxygens (including phenoxy) is 12. The van der Waals surface area contributed by atoms with Crippen molar-refractivity contribution in [3.8, 4) is 0 Å². The molecule has 540 valence electrons. The van der Waals surface area contributed by atoms with Crippen LogP contribution in [0.25, 0.3) is 0 Å². The molecule has 17 N–H and O–H groups in total. The van der Waals surface area contributed by atoms with Crippen molar-refractivity contribution in [3.05, 3.63) is 11.6 Å². The molecule has 94 heavy (non-hydrogen) atoms. The van der Waals surface area contributed by atoms with E-state index in [2.05, 4.69) is 40.7 Å². The second-order valence-corrected chi connectivity index (χ2v) is 30.8. The van der Waals surface area contributed by atoms with E-state index in [9.17, 15) is 86.8 Å². The Kier molecular flexibility index (Phi) is 21.4. The van der Waals surface area contributed by atoms with Gasteiger partial charge in [0.25, 0.3) is 0 Å². The predicted molar refractivity (Wildman–Crippen MR) is 315 cm³/mol. The fourth-order valence-electron chi connectivity index (χ4n) is 18.7. The van der Waals surface area contributed by atoms with Crippen molar-refractivity contribution in [2.24, 2.45) is 50.2 Å². The lowest BCUT2D eigenvalue weighted by Crippen LogP contribution is -2.67. The highest BCUT2D eigenvalue weighted by Gasteiger charge is 2.71. The van der Waals surface area contributed by atoms with E-state index in [1.54, 1.807) is 0 Å². The van der Waals surface area contributed by atoms with Crippen LogP contribution in [0, 0.1) is 50.2 Å². The summed E-state index contributed by atoms with van der Waals surface area (Å²) in [6, 6.07) is 0. The fraction of sp³-hybridized carbons (Fsp3) is 0.953. The van der Waals surface area contributed by atoms with Crippen LogP contribution >= 0.6 is 0 Å². The van der Waals surface area contributed by atoms with Crippen LogP contribution in [0.2, 0.25) is 0 Å². The predicted octanol–water partition coefficient (Wildman–Crippen LogP) is -4.08. The molecule has 6 saturated heterocycles. The number of allylic oxidation sites excluding steroid dienone is 2. The van der Waals surface area contributed by atoms with E-state index >= 15 is 4.79 Å². The van der Waals surface area contributed by atoms with Crippen molar-refractivity contribution < 1.29 is 148 Å². The zero-order valence-electron chi connectivity index (χ0n) is 54.6. The van der Waals surface area contributed by atoms with E-state index in [0.717, 1.165) is 12.0 Å². The summed E-state index contributed by atoms with van der Waals surface area (Å²) in [5.74, 6) is -1.01. The maximum absolute atomic E-state index is 15.3. The average Bonchev–Trinajstić information content (AvgIpc) is 0.674. The molecule has 5 aliphatic carbocycles. The van der Waals surface area contributed by atoms with Crippen molar-refractivity contribution in [3.63, 3.8) is 0 Å². The minimum Gasteiger partial charge on any atom is -0.432 e. The molecule has 0 amide bonds. The van der Waals surface area contributed by atoms with Crippen molar-refractivity contribution in [1.29, 1.82) is 0 Å². The molecule has 11 rings (SSSR count). The topological polar surface area (TPSA) is 472 Å². The Hall–Kier alpha value is -1.91. The maximum atomic E-state index is 15.3. The summed E-state index contributed by atoms with van der Waals surface area (Å²) in [5.41, 5.74) is -2.22. The Morgan fingerprint density at radius 2 is 1.09 bits per heavy atom. The van der Waals surface area contributed by atoms with Gasteiger partial charge in [0.05, 0.1) is 56.8 Å². The van der Waals surface area contributed by atoms with Gasteiger partial charge in [0.2, 0.25) is 6.29 Å². The lowest BCUT2D eigenvalue weighted by Gasteiger charge is -2.71. The number of esters is 1. The van der Waals surface area contributed by atoms with E-state index in [1.165, 1.54) is 13.8 Å². The number of rotatable bonds is 15. The SMILES string of the molecule is C[C@@H]1O[C@@H](O[C@H]2[C@H](O[C@H]3CC[C@@]4(C)[C@@H](CC[C@]5(C)[C@@H]4CC=C4[C@@H]6CC(C)(C)CC[C@]6(C(=O)O[C@H]6O[C@H](CO[C@H]7O[C@H](CO)[C@@H](O[C@H]8O[C@H](C)[C@@H](O)[C@H](O)[C@@H]8O)[C@H](O)[C@H]7O)[C@@H](O)[C@H](O)[C@H]6O)CC[C@]45C)[C@]3(C)CO)OC[C@H](O)[C@@H]2O)[C@H](O)[C@H](O[C@@H]2OC[C@@H](O)[C@@H](O)[C@H]2O)[C@H]1O. The molecule has 0 unspecified atom stereocenters. The van der Waals surface area contributed by atoms with Gasteiger partial charge < -0.3 is 144 Å². The molecule has 30 heteroatoms. The lowest BCUT2D eigenvalue weighted by molar-refractivity contribution is -0.379. The zero-order valence-corrected chi connectivity index (χ0v) is 54.6. The normalized spacial score (nSPS) is 55.3. The number of hydrogen-bond donors (Lipinski definition) is 17. The zero-order chi connectivity index (χ0) is 68.4. The Morgan fingerprint density at radius 3 is 1.77 bits per heavy atom. The smallest absolute Gasteiger partial charge is 0.315 e. The highest BCUT2D eigenvalue weighted by Crippen LogP contribution is 2.76. The molecule has 30 nitrogen and oxygen atoms in total. The third-order valence-corrected chi connectivity index (χ3v) is 24.9. The number of carbonyl (C=O) groups is 1. The standard InChI is InChI=1S/C64H104O30/c1-25-36(69)41(74)45(78)54(86-25)91-49-31(20-65)88-52(47(80)43(49)76)85-23-32-40(73)42(75)46(79)55(89-32)94-58(82)64-17-15-59(3,4)19-28(64)27-9-10-34-60(5)13-12-35(61(6,24-66)33(60)11-14-63(34,8)62(27,7)16-18-64)90-57-51(39(72)30(68)22-84-57)93-56-48(81)50(37(70)26(2)87-56)92-53-44(77)38(71)29(67)21-83-53/h9,25-26,28-57,65-81H,10-24H2,1-8H3/t25-,26+,28+,29-,30+,31-,32-,33-,34-,35+,36-,37+,38-,39+,40-,41+,42+,43-,44-,45+,46-,47-,48-,49-,50-,51-,52+,53+,54-,55-,56+,57+,60+,61+,62-,63-,64+/m1/s1. The van der Waals surface area contributed by atoms with E-state index in [1.807, 2.05) is 6.92 Å². The summed E-state index contributed by atoms with van der Waals surface area (Å²) in [6.45, 7) is 13.7. The van der Waals surface area contributed by atoms with Crippen LogP contribution in [0.4, 0.5) is 0 Å². The Bertz CT molecular complexity index is 2640. The molecule has 6 aliphatic heterocycles. The fourth-order valence-corrected chi connectivity index (χ4v) is 18.7. The van der Waals surface area contributed by atoms with Gasteiger partial charge in [-0.25, -0.2) is 0 Å². The van der Waals surface area contributed by atoms with Crippen LogP contribution in [-0.4, -0.2) is 304 Å². The molecule has 11 aliphatic rings. The van der Waals surface area contributed by atoms with Crippen LogP contribution in [0.1, 0.15) is 120 Å². The highest BCUT2D eigenvalue weighted by atomic mass is 16.8. The molecule has 0 aromatic carbocycles. The number of aliphatic hydroxyl groups excluding tert-OH is 17. The minimum atomic E-state index is -1.92. The number of carbonyl (C=O) groups excluding carboxylic acids is 1. The average molecular weight is 1350 g/mol. The van der Waals surface area contributed by atoms with Gasteiger partial charge in [-0.3, -0.25) is 4.79 Å². The Morgan fingerprint density at radius 1 is 0.511 bits per heavy atom. The molecule has 0 aromatic rings. The summed E-state index contributed by atoms with van der Waals surface area (Å²) in [5, 5.41) is 185. The van der Waals surface area contributed by atoms with Gasteiger partial charge in [-0.2, -0.15) is 0 Å². The molecule has 0 bridgehead atoms. The third kappa shape index (κ3) is 12.5. The van der Waals surface area contributed by atoms with Crippen LogP contribution < -0.4 is 0 Å². The van der Waals surface area contributed by atoms with Gasteiger partial charge in [-0.1, -0.05) is 53.2 Å². The van der Waals surface area contributed by atoms with Crippen LogP contribution in [0.15, 0.2) is 11.6 Å². The van der Waals surface area contributed by atoms with E-state index in [4.69, 9.17) is 56.8 Å². The van der Waals surface area contributed by atoms with Crippen molar-refractivity contribution >= 4 is 5.97 Å². The number of aliphatic hydroxyl groups is 17. The van der Waals surface area contributed by atoms with Crippen molar-refractivity contribution in [2.75, 3.05) is 33.0 Å². The third-order valence-electron chi connectivity index (χ3n) is 24.9. The van der Waals surface area contributed by atoms with Gasteiger partial charge in [0, 0.05) is 5.41 Å². The van der Waals surface area contributed by atoms with Crippen LogP contribution in [-0.2, 0) is 61.6 Å². The largest absolute Gasteiger partial charge is 0.432 e. The first kappa shape index (κ1) is 73.3. The molecule has 6 heterocycles. The molecule has 10 fully saturated rings. The lowest BCUT2D eigenvalue weighted by atomic mass is 9.33. The summed E-state index contributed by atoms with van der Waals surface area (Å²) in [6.07, 6.45) is -37.4. The first-order valence-corrected chi connectivity index (χ1v) is 33.5. The molecule has 0 spiro atoms. The molecule has 0 aromatic heterocycles. The first-order valence-electron chi connectivity index (χ1n) is 33.5. The van der Waals surface area contributed by atoms with Gasteiger partial charge in [0.1, 0.15) is 122 Å². The second-order valence-electron chi connectivity index (χ2n) is 30.8. The summed E-state index contributed by atoms with van der Waals surface area (Å²) >= 11 is 0. The van der Waals surface area contributed by atoms with Gasteiger partial charge in [-0.15, -0.1) is 0 Å². The monoisotopic (exact) mass is 1350 g/mol. The van der Waals surface area contributed by atoms with Crippen molar-refractivity contribution in [1.82, 2.24) is 0 Å². The minimum absolute atomic E-state index is 0.0747. The number of fused-ring (bicyclic) bond motifs is 7. The van der Waals surface area contributed by atoms with Gasteiger partial charge in [0.15, 0.2) is 31.5 Å². The number of hydrogen-bond acceptors (Lipinski definition) is 30. The maximum Gasteiger partial charge on any atom is 0.315 e. The molecule has 0 radical (unpaired) electrons. The summed E-state index contributed by atoms with van der Waals surface area (Å²) in [7, 11) is 0. The van der Waals surface area contributed by atoms with Gasteiger partial charge >= 0.3 is 5.97 Å². The van der Waals surface area contributed by atoms with Crippen molar-refractivity contribution in [2.45, 2.75) is 298 Å².